The Hall–Kier alpha value is -1.97. The molecule has 186 valence electrons. The summed E-state index contributed by atoms with van der Waals surface area (Å²) in [6, 6.07) is 22.3. The Morgan fingerprint density at radius 3 is 2.40 bits per heavy atom. The Labute approximate surface area is 216 Å². The highest BCUT2D eigenvalue weighted by molar-refractivity contribution is 7.11. The lowest BCUT2D eigenvalue weighted by atomic mass is 9.77. The molecule has 2 aromatic carbocycles. The number of likely N-dealkylation sites (tertiary alicyclic amines) is 1. The van der Waals surface area contributed by atoms with Crippen molar-refractivity contribution in [2.24, 2.45) is 17.8 Å². The zero-order chi connectivity index (χ0) is 23.9. The van der Waals surface area contributed by atoms with Crippen LogP contribution < -0.4 is 0 Å². The first-order valence-electron chi connectivity index (χ1n) is 14.1. The minimum atomic E-state index is 0.472. The van der Waals surface area contributed by atoms with Gasteiger partial charge in [-0.15, -0.1) is 11.3 Å². The van der Waals surface area contributed by atoms with E-state index >= 15 is 0 Å². The summed E-state index contributed by atoms with van der Waals surface area (Å²) < 4.78 is 0. The van der Waals surface area contributed by atoms with Gasteiger partial charge in [0.1, 0.15) is 5.01 Å². The molecular weight excluding hydrogens is 444 g/mol. The van der Waals surface area contributed by atoms with Gasteiger partial charge in [0, 0.05) is 30.1 Å². The highest BCUT2D eigenvalue weighted by Crippen LogP contribution is 2.42. The number of benzene rings is 2. The summed E-state index contributed by atoms with van der Waals surface area (Å²) in [4.78, 5) is 9.22. The molecule has 2 heterocycles. The third-order valence-electron chi connectivity index (χ3n) is 8.64. The van der Waals surface area contributed by atoms with Crippen LogP contribution in [0.15, 0.2) is 66.9 Å². The smallest absolute Gasteiger partial charge is 0.101 e. The Balaban J connectivity index is 1.25. The molecule has 5 rings (SSSR count). The molecule has 2 nitrogen and oxygen atoms in total. The molecule has 1 aliphatic heterocycles. The largest absolute Gasteiger partial charge is 0.298 e. The van der Waals surface area contributed by atoms with Crippen molar-refractivity contribution in [3.05, 3.63) is 87.9 Å². The number of nitrogens with zero attached hydrogens (tertiary/aromatic N) is 2. The van der Waals surface area contributed by atoms with Crippen LogP contribution in [0.4, 0.5) is 0 Å². The van der Waals surface area contributed by atoms with E-state index < -0.39 is 0 Å². The summed E-state index contributed by atoms with van der Waals surface area (Å²) in [6.45, 7) is 5.93. The third kappa shape index (κ3) is 6.43. The quantitative estimate of drug-likeness (QED) is 0.302. The molecule has 2 aliphatic rings. The van der Waals surface area contributed by atoms with Crippen molar-refractivity contribution >= 4 is 11.3 Å². The highest BCUT2D eigenvalue weighted by Gasteiger charge is 2.30. The number of aromatic nitrogens is 1. The Morgan fingerprint density at radius 2 is 1.66 bits per heavy atom. The number of piperidine rings is 1. The standard InChI is InChI=1S/C32H42N2S/c1-2-26-20-21-34(23-29(26)19-18-25-12-6-3-7-13-25)24-30-22-33-32(35-30)31(27-14-8-4-9-15-27)28-16-10-5-11-17-28/h3-4,6-9,12-15,22,26,28-29,31H,2,5,10-11,16-21,23-24H2,1H3. The maximum Gasteiger partial charge on any atom is 0.101 e. The maximum atomic E-state index is 5.05. The molecule has 1 aromatic heterocycles. The van der Waals surface area contributed by atoms with Crippen molar-refractivity contribution in [3.8, 4) is 0 Å². The van der Waals surface area contributed by atoms with E-state index in [4.69, 9.17) is 4.98 Å². The minimum absolute atomic E-state index is 0.472. The predicted octanol–water partition coefficient (Wildman–Crippen LogP) is 8.34. The molecule has 1 saturated carbocycles. The fourth-order valence-electron chi connectivity index (χ4n) is 6.67. The fourth-order valence-corrected chi connectivity index (χ4v) is 7.85. The summed E-state index contributed by atoms with van der Waals surface area (Å²) in [5.41, 5.74) is 2.95. The summed E-state index contributed by atoms with van der Waals surface area (Å²) in [5.74, 6) is 2.90. The van der Waals surface area contributed by atoms with Gasteiger partial charge in [0.2, 0.25) is 0 Å². The van der Waals surface area contributed by atoms with Crippen molar-refractivity contribution in [1.82, 2.24) is 9.88 Å². The Kier molecular flexibility index (Phi) is 8.70. The van der Waals surface area contributed by atoms with Crippen LogP contribution in [0.2, 0.25) is 0 Å². The second-order valence-electron chi connectivity index (χ2n) is 10.9. The Morgan fingerprint density at radius 1 is 0.914 bits per heavy atom. The lowest BCUT2D eigenvalue weighted by Crippen LogP contribution is -2.40. The molecule has 2 fully saturated rings. The van der Waals surface area contributed by atoms with Crippen molar-refractivity contribution < 1.29 is 0 Å². The number of aryl methyl sites for hydroxylation is 1. The first-order valence-corrected chi connectivity index (χ1v) is 14.9. The van der Waals surface area contributed by atoms with Crippen LogP contribution in [0.1, 0.15) is 85.2 Å². The highest BCUT2D eigenvalue weighted by atomic mass is 32.1. The molecule has 1 aliphatic carbocycles. The average Bonchev–Trinajstić information content (AvgIpc) is 3.37. The lowest BCUT2D eigenvalue weighted by Gasteiger charge is -2.38. The van der Waals surface area contributed by atoms with Crippen LogP contribution in [-0.4, -0.2) is 23.0 Å². The van der Waals surface area contributed by atoms with E-state index in [9.17, 15) is 0 Å². The molecule has 3 aromatic rings. The molecule has 35 heavy (non-hydrogen) atoms. The van der Waals surface area contributed by atoms with E-state index in [-0.39, 0.29) is 0 Å². The fraction of sp³-hybridized carbons (Fsp3) is 0.531. The minimum Gasteiger partial charge on any atom is -0.298 e. The van der Waals surface area contributed by atoms with Crippen LogP contribution in [0, 0.1) is 17.8 Å². The van der Waals surface area contributed by atoms with Crippen LogP contribution in [0.25, 0.3) is 0 Å². The third-order valence-corrected chi connectivity index (χ3v) is 9.71. The van der Waals surface area contributed by atoms with Gasteiger partial charge in [0.05, 0.1) is 0 Å². The number of hydrogen-bond acceptors (Lipinski definition) is 3. The van der Waals surface area contributed by atoms with Crippen molar-refractivity contribution in [1.29, 1.82) is 0 Å². The summed E-state index contributed by atoms with van der Waals surface area (Å²) in [5, 5.41) is 1.35. The van der Waals surface area contributed by atoms with Gasteiger partial charge in [0.25, 0.3) is 0 Å². The molecule has 1 saturated heterocycles. The van der Waals surface area contributed by atoms with E-state index in [0.29, 0.717) is 5.92 Å². The second kappa shape index (κ2) is 12.3. The van der Waals surface area contributed by atoms with Gasteiger partial charge in [0.15, 0.2) is 0 Å². The van der Waals surface area contributed by atoms with Gasteiger partial charge in [-0.25, -0.2) is 4.98 Å². The van der Waals surface area contributed by atoms with Crippen molar-refractivity contribution in [2.45, 2.75) is 77.2 Å². The molecule has 3 heteroatoms. The van der Waals surface area contributed by atoms with Gasteiger partial charge in [-0.05, 0) is 67.5 Å². The normalized spacial score (nSPS) is 22.8. The molecule has 0 spiro atoms. The first kappa shape index (κ1) is 24.7. The van der Waals surface area contributed by atoms with Crippen LogP contribution in [0.5, 0.6) is 0 Å². The SMILES string of the molecule is CCC1CCN(Cc2cnc(C(c3ccccc3)C3CCCCC3)s2)CC1CCc1ccccc1. The molecule has 0 amide bonds. The van der Waals surface area contributed by atoms with Crippen LogP contribution >= 0.6 is 11.3 Å². The zero-order valence-corrected chi connectivity index (χ0v) is 22.3. The molecule has 3 unspecified atom stereocenters. The molecule has 0 bridgehead atoms. The number of thiazole rings is 1. The van der Waals surface area contributed by atoms with Crippen molar-refractivity contribution in [2.75, 3.05) is 13.1 Å². The summed E-state index contributed by atoms with van der Waals surface area (Å²) >= 11 is 1.99. The van der Waals surface area contributed by atoms with Crippen LogP contribution in [-0.2, 0) is 13.0 Å². The maximum absolute atomic E-state index is 5.05. The first-order chi connectivity index (χ1) is 17.3. The predicted molar refractivity (Wildman–Crippen MR) is 149 cm³/mol. The average molecular weight is 487 g/mol. The monoisotopic (exact) mass is 486 g/mol. The van der Waals surface area contributed by atoms with Crippen molar-refractivity contribution in [3.63, 3.8) is 0 Å². The van der Waals surface area contributed by atoms with E-state index in [1.165, 1.54) is 91.9 Å². The lowest BCUT2D eigenvalue weighted by molar-refractivity contribution is 0.105. The van der Waals surface area contributed by atoms with Crippen LogP contribution in [0.3, 0.4) is 0 Å². The van der Waals surface area contributed by atoms with Gasteiger partial charge < -0.3 is 0 Å². The molecule has 3 atom stereocenters. The van der Waals surface area contributed by atoms with E-state index in [2.05, 4.69) is 78.7 Å². The zero-order valence-electron chi connectivity index (χ0n) is 21.4. The second-order valence-corrected chi connectivity index (χ2v) is 12.1. The van der Waals surface area contributed by atoms with Gasteiger partial charge in [-0.1, -0.05) is 93.3 Å². The molecule has 0 N–H and O–H groups in total. The van der Waals surface area contributed by atoms with E-state index in [0.717, 1.165) is 24.3 Å². The Bertz CT molecular complexity index is 1010. The molecule has 0 radical (unpaired) electrons. The van der Waals surface area contributed by atoms with E-state index in [1.54, 1.807) is 0 Å². The van der Waals surface area contributed by atoms with E-state index in [1.807, 2.05) is 11.3 Å². The van der Waals surface area contributed by atoms with Gasteiger partial charge in [-0.3, -0.25) is 4.90 Å². The summed E-state index contributed by atoms with van der Waals surface area (Å²) in [7, 11) is 0. The number of rotatable bonds is 9. The number of hydrogen-bond donors (Lipinski definition) is 0. The van der Waals surface area contributed by atoms with Gasteiger partial charge >= 0.3 is 0 Å². The van der Waals surface area contributed by atoms with Gasteiger partial charge in [-0.2, -0.15) is 0 Å². The molecular formula is C32H42N2S. The topological polar surface area (TPSA) is 16.1 Å². The summed E-state index contributed by atoms with van der Waals surface area (Å²) in [6.07, 6.45) is 14.2.